The summed E-state index contributed by atoms with van der Waals surface area (Å²) in [5, 5.41) is 9.81. The van der Waals surface area contributed by atoms with Gasteiger partial charge < -0.3 is 14.7 Å². The molecule has 9 heteroatoms. The predicted molar refractivity (Wildman–Crippen MR) is 141 cm³/mol. The Hall–Kier alpha value is -3.85. The molecule has 0 spiro atoms. The maximum Gasteiger partial charge on any atom is 0.228 e. The largest absolute Gasteiger partial charge is 0.352 e. The molecule has 1 atom stereocenters. The summed E-state index contributed by atoms with van der Waals surface area (Å²) in [6.07, 6.45) is 0.250. The monoisotopic (exact) mass is 498 g/mol. The molecule has 0 N–H and O–H groups in total. The Morgan fingerprint density at radius 3 is 2.53 bits per heavy atom. The number of amides is 2. The van der Waals surface area contributed by atoms with Crippen LogP contribution in [0.1, 0.15) is 11.4 Å². The van der Waals surface area contributed by atoms with E-state index >= 15 is 0 Å². The Morgan fingerprint density at radius 2 is 1.78 bits per heavy atom. The maximum absolute atomic E-state index is 13.3. The topological polar surface area (TPSA) is 82.5 Å². The van der Waals surface area contributed by atoms with Crippen molar-refractivity contribution in [2.45, 2.75) is 13.3 Å². The molecule has 0 aliphatic carbocycles. The summed E-state index contributed by atoms with van der Waals surface area (Å²) >= 11 is 1.64. The quantitative estimate of drug-likeness (QED) is 0.426. The van der Waals surface area contributed by atoms with E-state index in [0.29, 0.717) is 32.7 Å². The molecule has 2 aromatic carbocycles. The van der Waals surface area contributed by atoms with E-state index in [0.717, 1.165) is 38.0 Å². The predicted octanol–water partition coefficient (Wildman–Crippen LogP) is 3.76. The first-order valence-electron chi connectivity index (χ1n) is 12.2. The van der Waals surface area contributed by atoms with Gasteiger partial charge in [-0.2, -0.15) is 0 Å². The normalized spacial score (nSPS) is 18.3. The van der Waals surface area contributed by atoms with Crippen LogP contribution < -0.4 is 9.80 Å². The second-order valence-corrected chi connectivity index (χ2v) is 10.5. The third kappa shape index (κ3) is 4.30. The van der Waals surface area contributed by atoms with E-state index in [1.807, 2.05) is 72.5 Å². The van der Waals surface area contributed by atoms with E-state index in [1.54, 1.807) is 16.2 Å². The minimum atomic E-state index is -0.318. The van der Waals surface area contributed by atoms with E-state index < -0.39 is 0 Å². The fraction of sp³-hybridized carbons (Fsp3) is 0.296. The van der Waals surface area contributed by atoms with E-state index in [4.69, 9.17) is 0 Å². The molecule has 2 saturated heterocycles. The van der Waals surface area contributed by atoms with Crippen molar-refractivity contribution >= 4 is 44.9 Å². The zero-order chi connectivity index (χ0) is 24.6. The van der Waals surface area contributed by atoms with Crippen molar-refractivity contribution in [3.63, 3.8) is 0 Å². The molecule has 1 unspecified atom stereocenters. The van der Waals surface area contributed by atoms with Gasteiger partial charge >= 0.3 is 0 Å². The van der Waals surface area contributed by atoms with Crippen LogP contribution in [0.5, 0.6) is 0 Å². The first kappa shape index (κ1) is 22.6. The number of rotatable bonds is 4. The molecule has 0 radical (unpaired) electrons. The summed E-state index contributed by atoms with van der Waals surface area (Å²) in [6.45, 7) is 4.99. The van der Waals surface area contributed by atoms with Gasteiger partial charge in [0, 0.05) is 50.4 Å². The molecule has 4 heterocycles. The standard InChI is InChI=1S/C27H26N6O2S/c1-18-28-23-16-21(7-9-24(23)36-18)33-17-20(15-26(33)34)27(35)32-13-11-31(12-14-32)25-10-8-22(29-30-25)19-5-3-2-4-6-19/h2-10,16,20H,11-15,17H2,1H3. The SMILES string of the molecule is Cc1nc2cc(N3CC(C(=O)N4CCN(c5ccc(-c6ccccc6)nn5)CC4)CC3=O)ccc2s1. The lowest BCUT2D eigenvalue weighted by molar-refractivity contribution is -0.136. The highest BCUT2D eigenvalue weighted by Crippen LogP contribution is 2.31. The summed E-state index contributed by atoms with van der Waals surface area (Å²) < 4.78 is 1.10. The molecular formula is C27H26N6O2S. The molecule has 4 aromatic rings. The number of piperazine rings is 1. The molecule has 2 aliphatic rings. The zero-order valence-corrected chi connectivity index (χ0v) is 20.8. The minimum Gasteiger partial charge on any atom is -0.352 e. The Kier molecular flexibility index (Phi) is 5.85. The average molecular weight is 499 g/mol. The molecule has 6 rings (SSSR count). The van der Waals surface area contributed by atoms with Gasteiger partial charge in [-0.25, -0.2) is 4.98 Å². The highest BCUT2D eigenvalue weighted by molar-refractivity contribution is 7.18. The Labute approximate surface area is 213 Å². The number of hydrogen-bond acceptors (Lipinski definition) is 7. The Balaban J connectivity index is 1.07. The minimum absolute atomic E-state index is 0.00734. The lowest BCUT2D eigenvalue weighted by atomic mass is 10.1. The number of benzene rings is 2. The van der Waals surface area contributed by atoms with E-state index in [2.05, 4.69) is 20.1 Å². The molecule has 0 bridgehead atoms. The number of anilines is 2. The summed E-state index contributed by atoms with van der Waals surface area (Å²) in [5.41, 5.74) is 3.59. The zero-order valence-electron chi connectivity index (χ0n) is 20.0. The molecule has 8 nitrogen and oxygen atoms in total. The molecule has 36 heavy (non-hydrogen) atoms. The van der Waals surface area contributed by atoms with E-state index in [9.17, 15) is 9.59 Å². The highest BCUT2D eigenvalue weighted by atomic mass is 32.1. The van der Waals surface area contributed by atoms with Crippen molar-refractivity contribution in [1.29, 1.82) is 0 Å². The van der Waals surface area contributed by atoms with Gasteiger partial charge in [-0.05, 0) is 37.3 Å². The van der Waals surface area contributed by atoms with Crippen molar-refractivity contribution in [3.8, 4) is 11.3 Å². The molecular weight excluding hydrogens is 472 g/mol. The summed E-state index contributed by atoms with van der Waals surface area (Å²) in [5.74, 6) is 0.548. The second kappa shape index (κ2) is 9.31. The van der Waals surface area contributed by atoms with Gasteiger partial charge in [0.25, 0.3) is 0 Å². The molecule has 2 aliphatic heterocycles. The van der Waals surface area contributed by atoms with Gasteiger partial charge in [-0.3, -0.25) is 9.59 Å². The summed E-state index contributed by atoms with van der Waals surface area (Å²) in [6, 6.07) is 19.9. The van der Waals surface area contributed by atoms with Crippen molar-refractivity contribution in [3.05, 3.63) is 65.7 Å². The number of aromatic nitrogens is 3. The third-order valence-electron chi connectivity index (χ3n) is 6.90. The van der Waals surface area contributed by atoms with Gasteiger partial charge in [0.2, 0.25) is 11.8 Å². The number of hydrogen-bond donors (Lipinski definition) is 0. The number of carbonyl (C=O) groups excluding carboxylic acids is 2. The van der Waals surface area contributed by atoms with Crippen LogP contribution in [0.4, 0.5) is 11.5 Å². The molecule has 0 saturated carbocycles. The smallest absolute Gasteiger partial charge is 0.228 e. The number of carbonyl (C=O) groups is 2. The van der Waals surface area contributed by atoms with E-state index in [1.165, 1.54) is 0 Å². The van der Waals surface area contributed by atoms with Crippen LogP contribution in [-0.2, 0) is 9.59 Å². The van der Waals surface area contributed by atoms with Gasteiger partial charge in [0.05, 0.1) is 26.8 Å². The number of fused-ring (bicyclic) bond motifs is 1. The molecule has 2 aromatic heterocycles. The third-order valence-corrected chi connectivity index (χ3v) is 7.85. The molecule has 2 fully saturated rings. The van der Waals surface area contributed by atoms with Crippen LogP contribution in [0, 0.1) is 12.8 Å². The van der Waals surface area contributed by atoms with Crippen molar-refractivity contribution in [2.75, 3.05) is 42.5 Å². The number of nitrogens with zero attached hydrogens (tertiary/aromatic N) is 6. The van der Waals surface area contributed by atoms with Crippen molar-refractivity contribution in [2.24, 2.45) is 5.92 Å². The van der Waals surface area contributed by atoms with Gasteiger partial charge in [0.1, 0.15) is 0 Å². The van der Waals surface area contributed by atoms with Gasteiger partial charge in [-0.1, -0.05) is 30.3 Å². The number of aryl methyl sites for hydroxylation is 1. The second-order valence-electron chi connectivity index (χ2n) is 9.25. The maximum atomic E-state index is 13.3. The fourth-order valence-electron chi connectivity index (χ4n) is 4.99. The van der Waals surface area contributed by atoms with Crippen molar-refractivity contribution < 1.29 is 9.59 Å². The van der Waals surface area contributed by atoms with Crippen LogP contribution in [0.3, 0.4) is 0 Å². The van der Waals surface area contributed by atoms with E-state index in [-0.39, 0.29) is 24.2 Å². The molecule has 2 amide bonds. The number of thiazole rings is 1. The van der Waals surface area contributed by atoms with Crippen LogP contribution in [0.2, 0.25) is 0 Å². The first-order valence-corrected chi connectivity index (χ1v) is 13.0. The van der Waals surface area contributed by atoms with Gasteiger partial charge in [0.15, 0.2) is 5.82 Å². The van der Waals surface area contributed by atoms with Crippen LogP contribution in [0.15, 0.2) is 60.7 Å². The van der Waals surface area contributed by atoms with Crippen LogP contribution in [0.25, 0.3) is 21.5 Å². The van der Waals surface area contributed by atoms with Crippen LogP contribution in [-0.4, -0.2) is 64.6 Å². The lowest BCUT2D eigenvalue weighted by Crippen LogP contribution is -2.51. The average Bonchev–Trinajstić information content (AvgIpc) is 3.50. The summed E-state index contributed by atoms with van der Waals surface area (Å²) in [4.78, 5) is 36.4. The Bertz CT molecular complexity index is 1410. The van der Waals surface area contributed by atoms with Crippen molar-refractivity contribution in [1.82, 2.24) is 20.1 Å². The lowest BCUT2D eigenvalue weighted by Gasteiger charge is -2.36. The van der Waals surface area contributed by atoms with Crippen LogP contribution >= 0.6 is 11.3 Å². The summed E-state index contributed by atoms with van der Waals surface area (Å²) in [7, 11) is 0. The Morgan fingerprint density at radius 1 is 0.972 bits per heavy atom. The molecule has 182 valence electrons. The first-order chi connectivity index (χ1) is 17.5. The van der Waals surface area contributed by atoms with Gasteiger partial charge in [-0.15, -0.1) is 21.5 Å². The highest BCUT2D eigenvalue weighted by Gasteiger charge is 2.38. The fourth-order valence-corrected chi connectivity index (χ4v) is 5.80.